The van der Waals surface area contributed by atoms with Crippen molar-refractivity contribution in [2.24, 2.45) is 0 Å². The second-order valence-corrected chi connectivity index (χ2v) is 5.98. The topological polar surface area (TPSA) is 73.3 Å². The van der Waals surface area contributed by atoms with E-state index >= 15 is 0 Å². The molecule has 0 radical (unpaired) electrons. The van der Waals surface area contributed by atoms with Gasteiger partial charge < -0.3 is 10.4 Å². The molecule has 122 valence electrons. The summed E-state index contributed by atoms with van der Waals surface area (Å²) in [5, 5.41) is 22.3. The number of benzene rings is 2. The molecule has 0 saturated heterocycles. The Morgan fingerprint density at radius 2 is 1.92 bits per heavy atom. The van der Waals surface area contributed by atoms with Gasteiger partial charge in [0.25, 0.3) is 0 Å². The average Bonchev–Trinajstić information content (AvgIpc) is 3.00. The number of phenols is 1. The summed E-state index contributed by atoms with van der Waals surface area (Å²) in [4.78, 5) is 4.64. The van der Waals surface area contributed by atoms with Gasteiger partial charge in [0.05, 0.1) is 16.6 Å². The number of anilines is 1. The highest BCUT2D eigenvalue weighted by Crippen LogP contribution is 2.27. The Balaban J connectivity index is 1.85. The lowest BCUT2D eigenvalue weighted by atomic mass is 10.1. The van der Waals surface area contributed by atoms with Crippen LogP contribution in [0.4, 0.5) is 5.82 Å². The first-order valence-corrected chi connectivity index (χ1v) is 8.00. The molecule has 0 aliphatic heterocycles. The highest BCUT2D eigenvalue weighted by Gasteiger charge is 2.14. The van der Waals surface area contributed by atoms with Gasteiger partial charge in [-0.1, -0.05) is 24.3 Å². The van der Waals surface area contributed by atoms with E-state index in [4.69, 9.17) is 0 Å². The third-order valence-electron chi connectivity index (χ3n) is 4.29. The average molecular weight is 328 g/mol. The Morgan fingerprint density at radius 1 is 1.16 bits per heavy atom. The van der Waals surface area contributed by atoms with E-state index in [2.05, 4.69) is 16.4 Å². The molecule has 2 aromatic carbocycles. The smallest absolute Gasteiger partial charge is 0.157 e. The number of phenolic OH excluding ortho intramolecular Hbond substituents is 1. The van der Waals surface area contributed by atoms with Gasteiger partial charge in [-0.3, -0.25) is 4.40 Å². The standard InChI is InChI=1S/C20H16N4O/c1-13-10-19(22-12-14-6-8-15(25)9-7-14)24-18-5-3-2-4-17(18)23-20(24)16(13)11-21/h2-10,22,25H,12H2,1H3. The van der Waals surface area contributed by atoms with Crippen molar-refractivity contribution >= 4 is 22.5 Å². The summed E-state index contributed by atoms with van der Waals surface area (Å²) in [5.41, 5.74) is 5.01. The van der Waals surface area contributed by atoms with E-state index in [0.29, 0.717) is 17.8 Å². The fourth-order valence-corrected chi connectivity index (χ4v) is 3.03. The molecule has 0 bridgehead atoms. The summed E-state index contributed by atoms with van der Waals surface area (Å²) in [6.07, 6.45) is 0. The zero-order chi connectivity index (χ0) is 17.4. The number of aromatic nitrogens is 2. The molecule has 0 fully saturated rings. The number of nitrogens with one attached hydrogen (secondary N) is 1. The van der Waals surface area contributed by atoms with Crippen LogP contribution in [0.15, 0.2) is 54.6 Å². The van der Waals surface area contributed by atoms with Crippen LogP contribution in [0.3, 0.4) is 0 Å². The maximum absolute atomic E-state index is 9.52. The molecule has 0 atom stereocenters. The third kappa shape index (κ3) is 2.54. The summed E-state index contributed by atoms with van der Waals surface area (Å²) in [6, 6.07) is 19.2. The Bertz CT molecular complexity index is 1120. The minimum absolute atomic E-state index is 0.251. The fourth-order valence-electron chi connectivity index (χ4n) is 3.03. The zero-order valence-corrected chi connectivity index (χ0v) is 13.7. The number of para-hydroxylation sites is 2. The number of rotatable bonds is 3. The molecule has 2 aromatic heterocycles. The van der Waals surface area contributed by atoms with Crippen LogP contribution in [0.25, 0.3) is 16.7 Å². The van der Waals surface area contributed by atoms with Crippen LogP contribution >= 0.6 is 0 Å². The molecule has 2 N–H and O–H groups in total. The Hall–Kier alpha value is -3.52. The lowest BCUT2D eigenvalue weighted by molar-refractivity contribution is 0.475. The van der Waals surface area contributed by atoms with E-state index < -0.39 is 0 Å². The number of nitrogens with zero attached hydrogens (tertiary/aromatic N) is 3. The SMILES string of the molecule is Cc1cc(NCc2ccc(O)cc2)n2c(nc3ccccc32)c1C#N. The molecule has 0 amide bonds. The Labute approximate surface area is 144 Å². The van der Waals surface area contributed by atoms with E-state index in [1.54, 1.807) is 12.1 Å². The van der Waals surface area contributed by atoms with E-state index in [1.165, 1.54) is 0 Å². The lowest BCUT2D eigenvalue weighted by Crippen LogP contribution is -2.06. The van der Waals surface area contributed by atoms with E-state index in [0.717, 1.165) is 28.0 Å². The zero-order valence-electron chi connectivity index (χ0n) is 13.7. The van der Waals surface area contributed by atoms with Gasteiger partial charge in [-0.2, -0.15) is 5.26 Å². The summed E-state index contributed by atoms with van der Waals surface area (Å²) in [5.74, 6) is 1.13. The molecule has 5 nitrogen and oxygen atoms in total. The molecule has 2 heterocycles. The Kier molecular flexibility index (Phi) is 3.51. The molecule has 0 spiro atoms. The molecule has 0 unspecified atom stereocenters. The van der Waals surface area contributed by atoms with Crippen molar-refractivity contribution in [1.82, 2.24) is 9.38 Å². The number of hydrogen-bond donors (Lipinski definition) is 2. The largest absolute Gasteiger partial charge is 0.508 e. The van der Waals surface area contributed by atoms with Crippen LogP contribution in [-0.2, 0) is 6.54 Å². The van der Waals surface area contributed by atoms with Gasteiger partial charge in [0.15, 0.2) is 5.65 Å². The summed E-state index contributed by atoms with van der Waals surface area (Å²) < 4.78 is 1.99. The first-order chi connectivity index (χ1) is 12.2. The number of fused-ring (bicyclic) bond motifs is 3. The molecule has 5 heteroatoms. The molecule has 25 heavy (non-hydrogen) atoms. The minimum Gasteiger partial charge on any atom is -0.508 e. The molecule has 0 aliphatic carbocycles. The molecule has 4 rings (SSSR count). The summed E-state index contributed by atoms with van der Waals surface area (Å²) >= 11 is 0. The van der Waals surface area contributed by atoms with Gasteiger partial charge in [-0.15, -0.1) is 0 Å². The minimum atomic E-state index is 0.251. The van der Waals surface area contributed by atoms with Crippen LogP contribution in [0.5, 0.6) is 5.75 Å². The van der Waals surface area contributed by atoms with Crippen molar-refractivity contribution in [2.45, 2.75) is 13.5 Å². The van der Waals surface area contributed by atoms with E-state index in [9.17, 15) is 10.4 Å². The Morgan fingerprint density at radius 3 is 2.68 bits per heavy atom. The molecule has 0 aliphatic rings. The van der Waals surface area contributed by atoms with Crippen molar-refractivity contribution in [3.8, 4) is 11.8 Å². The van der Waals surface area contributed by atoms with Gasteiger partial charge in [0.2, 0.25) is 0 Å². The maximum atomic E-state index is 9.52. The monoisotopic (exact) mass is 328 g/mol. The van der Waals surface area contributed by atoms with E-state index in [1.807, 2.05) is 53.8 Å². The number of hydrogen-bond acceptors (Lipinski definition) is 4. The second-order valence-electron chi connectivity index (χ2n) is 5.98. The lowest BCUT2D eigenvalue weighted by Gasteiger charge is -2.12. The van der Waals surface area contributed by atoms with Gasteiger partial charge in [0.1, 0.15) is 17.6 Å². The number of aromatic hydroxyl groups is 1. The summed E-state index contributed by atoms with van der Waals surface area (Å²) in [6.45, 7) is 2.52. The third-order valence-corrected chi connectivity index (χ3v) is 4.29. The maximum Gasteiger partial charge on any atom is 0.157 e. The van der Waals surface area contributed by atoms with Crippen LogP contribution in [0.2, 0.25) is 0 Å². The highest BCUT2D eigenvalue weighted by atomic mass is 16.3. The molecule has 4 aromatic rings. The van der Waals surface area contributed by atoms with Crippen molar-refractivity contribution in [1.29, 1.82) is 5.26 Å². The molecule has 0 saturated carbocycles. The number of pyridine rings is 1. The van der Waals surface area contributed by atoms with Crippen LogP contribution in [0.1, 0.15) is 16.7 Å². The quantitative estimate of drug-likeness (QED) is 0.596. The van der Waals surface area contributed by atoms with Gasteiger partial charge in [-0.25, -0.2) is 4.98 Å². The van der Waals surface area contributed by atoms with Gasteiger partial charge in [-0.05, 0) is 48.4 Å². The van der Waals surface area contributed by atoms with Crippen molar-refractivity contribution in [3.05, 3.63) is 71.3 Å². The van der Waals surface area contributed by atoms with Gasteiger partial charge >= 0.3 is 0 Å². The predicted molar refractivity (Wildman–Crippen MR) is 97.6 cm³/mol. The van der Waals surface area contributed by atoms with Crippen LogP contribution in [-0.4, -0.2) is 14.5 Å². The highest BCUT2D eigenvalue weighted by molar-refractivity contribution is 5.85. The number of nitriles is 1. The predicted octanol–water partition coefficient (Wildman–Crippen LogP) is 3.99. The normalized spacial score (nSPS) is 10.9. The first kappa shape index (κ1) is 15.0. The first-order valence-electron chi connectivity index (χ1n) is 8.00. The number of imidazole rings is 1. The van der Waals surface area contributed by atoms with Gasteiger partial charge in [0, 0.05) is 6.54 Å². The molecular formula is C20H16N4O. The van der Waals surface area contributed by atoms with Crippen LogP contribution in [0, 0.1) is 18.3 Å². The number of aryl methyl sites for hydroxylation is 1. The van der Waals surface area contributed by atoms with Crippen LogP contribution < -0.4 is 5.32 Å². The fraction of sp³-hybridized carbons (Fsp3) is 0.100. The molecular weight excluding hydrogens is 312 g/mol. The van der Waals surface area contributed by atoms with Crippen molar-refractivity contribution < 1.29 is 5.11 Å². The summed E-state index contributed by atoms with van der Waals surface area (Å²) in [7, 11) is 0. The van der Waals surface area contributed by atoms with Crippen molar-refractivity contribution in [3.63, 3.8) is 0 Å². The second kappa shape index (κ2) is 5.84. The van der Waals surface area contributed by atoms with Crippen molar-refractivity contribution in [2.75, 3.05) is 5.32 Å². The van der Waals surface area contributed by atoms with E-state index in [-0.39, 0.29) is 5.75 Å².